The van der Waals surface area contributed by atoms with E-state index in [2.05, 4.69) is 5.32 Å². The number of hydrogen-bond donors (Lipinski definition) is 1. The predicted octanol–water partition coefficient (Wildman–Crippen LogP) is 5.04. The molecule has 1 aromatic carbocycles. The van der Waals surface area contributed by atoms with Crippen molar-refractivity contribution in [1.29, 1.82) is 0 Å². The first kappa shape index (κ1) is 15.4. The topological polar surface area (TPSA) is 12.0 Å². The van der Waals surface area contributed by atoms with Gasteiger partial charge in [0.2, 0.25) is 0 Å². The van der Waals surface area contributed by atoms with E-state index < -0.39 is 11.7 Å². The number of thiophene rings is 1. The zero-order valence-corrected chi connectivity index (χ0v) is 12.5. The Bertz CT molecular complexity index is 607. The van der Waals surface area contributed by atoms with Gasteiger partial charge in [-0.3, -0.25) is 0 Å². The summed E-state index contributed by atoms with van der Waals surface area (Å²) in [6.45, 7) is 1.68. The Morgan fingerprint density at radius 2 is 1.95 bits per heavy atom. The van der Waals surface area contributed by atoms with Crippen molar-refractivity contribution in [2.24, 2.45) is 0 Å². The lowest BCUT2D eigenvalue weighted by molar-refractivity contribution is -0.137. The summed E-state index contributed by atoms with van der Waals surface area (Å²) in [6, 6.07) is 5.36. The van der Waals surface area contributed by atoms with Crippen LogP contribution in [-0.4, -0.2) is 7.05 Å². The third-order valence-electron chi connectivity index (χ3n) is 3.10. The Balaban J connectivity index is 2.44. The summed E-state index contributed by atoms with van der Waals surface area (Å²) in [5, 5.41) is 5.59. The van der Waals surface area contributed by atoms with Gasteiger partial charge in [-0.15, -0.1) is 11.3 Å². The van der Waals surface area contributed by atoms with Gasteiger partial charge in [-0.05, 0) is 48.7 Å². The van der Waals surface area contributed by atoms with Crippen molar-refractivity contribution in [1.82, 2.24) is 5.32 Å². The van der Waals surface area contributed by atoms with E-state index in [-0.39, 0.29) is 6.04 Å². The highest BCUT2D eigenvalue weighted by molar-refractivity contribution is 7.10. The zero-order valence-electron chi connectivity index (χ0n) is 10.9. The maximum atomic E-state index is 12.7. The van der Waals surface area contributed by atoms with E-state index in [4.69, 9.17) is 11.6 Å². The Kier molecular flexibility index (Phi) is 4.42. The molecule has 0 bridgehead atoms. The molecule has 1 aromatic heterocycles. The van der Waals surface area contributed by atoms with E-state index in [0.717, 1.165) is 16.5 Å². The molecule has 0 radical (unpaired) electrons. The van der Waals surface area contributed by atoms with Crippen LogP contribution >= 0.6 is 22.9 Å². The minimum absolute atomic E-state index is 0.204. The first-order valence-electron chi connectivity index (χ1n) is 5.92. The highest BCUT2D eigenvalue weighted by atomic mass is 35.5. The number of rotatable bonds is 3. The van der Waals surface area contributed by atoms with E-state index in [9.17, 15) is 13.2 Å². The summed E-state index contributed by atoms with van der Waals surface area (Å²) in [6.07, 6.45) is -4.32. The fraction of sp³-hybridized carbons (Fsp3) is 0.286. The molecular weight excluding hydrogens is 307 g/mol. The van der Waals surface area contributed by atoms with Gasteiger partial charge >= 0.3 is 6.18 Å². The predicted molar refractivity (Wildman–Crippen MR) is 76.4 cm³/mol. The number of nitrogens with one attached hydrogen (secondary N) is 1. The molecule has 0 saturated carbocycles. The van der Waals surface area contributed by atoms with Gasteiger partial charge in [-0.25, -0.2) is 0 Å². The number of alkyl halides is 3. The van der Waals surface area contributed by atoms with Crippen molar-refractivity contribution in [2.45, 2.75) is 19.1 Å². The SMILES string of the molecule is CNC(c1ccc(C(F)(F)F)cc1C)c1sccc1Cl. The minimum Gasteiger partial charge on any atom is -0.309 e. The van der Waals surface area contributed by atoms with Crippen LogP contribution in [0.2, 0.25) is 5.02 Å². The Hall–Kier alpha value is -1.04. The first-order valence-corrected chi connectivity index (χ1v) is 7.18. The van der Waals surface area contributed by atoms with Crippen LogP contribution in [0.25, 0.3) is 0 Å². The Morgan fingerprint density at radius 3 is 2.40 bits per heavy atom. The van der Waals surface area contributed by atoms with Crippen LogP contribution in [0.1, 0.15) is 27.6 Å². The second kappa shape index (κ2) is 5.76. The van der Waals surface area contributed by atoms with Crippen LogP contribution in [0.4, 0.5) is 13.2 Å². The average Bonchev–Trinajstić information content (AvgIpc) is 2.77. The molecule has 0 saturated heterocycles. The molecule has 108 valence electrons. The van der Waals surface area contributed by atoms with Crippen LogP contribution in [0.3, 0.4) is 0 Å². The number of aryl methyl sites for hydroxylation is 1. The molecule has 0 aliphatic heterocycles. The molecule has 2 rings (SSSR count). The number of hydrogen-bond acceptors (Lipinski definition) is 2. The summed E-state index contributed by atoms with van der Waals surface area (Å²) in [5.41, 5.74) is 0.749. The van der Waals surface area contributed by atoms with Crippen molar-refractivity contribution < 1.29 is 13.2 Å². The van der Waals surface area contributed by atoms with Gasteiger partial charge < -0.3 is 5.32 Å². The molecule has 1 N–H and O–H groups in total. The number of halogens is 4. The molecule has 1 nitrogen and oxygen atoms in total. The smallest absolute Gasteiger partial charge is 0.309 e. The van der Waals surface area contributed by atoms with Crippen LogP contribution in [-0.2, 0) is 6.18 Å². The lowest BCUT2D eigenvalue weighted by Gasteiger charge is -2.19. The van der Waals surface area contributed by atoms with Crippen molar-refractivity contribution in [2.75, 3.05) is 7.05 Å². The van der Waals surface area contributed by atoms with Crippen LogP contribution in [0, 0.1) is 6.92 Å². The molecule has 0 amide bonds. The molecule has 0 aliphatic rings. The van der Waals surface area contributed by atoms with E-state index in [1.165, 1.54) is 23.5 Å². The minimum atomic E-state index is -4.32. The molecule has 6 heteroatoms. The highest BCUT2D eigenvalue weighted by Crippen LogP contribution is 2.36. The first-order chi connectivity index (χ1) is 9.34. The van der Waals surface area contributed by atoms with Crippen molar-refractivity contribution in [3.05, 3.63) is 56.2 Å². The van der Waals surface area contributed by atoms with Gasteiger partial charge in [0.1, 0.15) is 0 Å². The molecule has 1 heterocycles. The summed E-state index contributed by atoms with van der Waals surface area (Å²) < 4.78 is 38.1. The second-order valence-electron chi connectivity index (χ2n) is 4.42. The molecule has 0 spiro atoms. The van der Waals surface area contributed by atoms with Crippen LogP contribution in [0.15, 0.2) is 29.6 Å². The fourth-order valence-corrected chi connectivity index (χ4v) is 3.41. The molecule has 1 unspecified atom stereocenters. The van der Waals surface area contributed by atoms with E-state index in [1.54, 1.807) is 20.0 Å². The zero-order chi connectivity index (χ0) is 14.9. The molecule has 0 fully saturated rings. The van der Waals surface area contributed by atoms with E-state index >= 15 is 0 Å². The monoisotopic (exact) mass is 319 g/mol. The lowest BCUT2D eigenvalue weighted by atomic mass is 9.97. The van der Waals surface area contributed by atoms with Crippen molar-refractivity contribution in [3.8, 4) is 0 Å². The van der Waals surface area contributed by atoms with E-state index in [1.807, 2.05) is 5.38 Å². The van der Waals surface area contributed by atoms with Gasteiger partial charge in [-0.1, -0.05) is 17.7 Å². The van der Waals surface area contributed by atoms with Crippen molar-refractivity contribution >= 4 is 22.9 Å². The maximum Gasteiger partial charge on any atom is 0.416 e. The third kappa shape index (κ3) is 3.00. The van der Waals surface area contributed by atoms with E-state index in [0.29, 0.717) is 10.6 Å². The summed E-state index contributed by atoms with van der Waals surface area (Å²) in [7, 11) is 1.76. The molecular formula is C14H13ClF3NS. The van der Waals surface area contributed by atoms with Gasteiger partial charge in [-0.2, -0.15) is 13.2 Å². The van der Waals surface area contributed by atoms with Gasteiger partial charge in [0.25, 0.3) is 0 Å². The van der Waals surface area contributed by atoms with Gasteiger partial charge in [0, 0.05) is 4.88 Å². The summed E-state index contributed by atoms with van der Waals surface area (Å²) >= 11 is 7.59. The van der Waals surface area contributed by atoms with Gasteiger partial charge in [0.05, 0.1) is 16.6 Å². The largest absolute Gasteiger partial charge is 0.416 e. The standard InChI is InChI=1S/C14H13ClF3NS/c1-8-7-9(14(16,17)18)3-4-10(8)12(19-2)13-11(15)5-6-20-13/h3-7,12,19H,1-2H3. The normalized spacial score (nSPS) is 13.5. The molecule has 2 aromatic rings. The summed E-state index contributed by atoms with van der Waals surface area (Å²) in [5.74, 6) is 0. The second-order valence-corrected chi connectivity index (χ2v) is 5.78. The van der Waals surface area contributed by atoms with Gasteiger partial charge in [0.15, 0.2) is 0 Å². The molecule has 0 aliphatic carbocycles. The molecule has 1 atom stereocenters. The number of benzene rings is 1. The van der Waals surface area contributed by atoms with Crippen LogP contribution in [0.5, 0.6) is 0 Å². The molecule has 20 heavy (non-hydrogen) atoms. The van der Waals surface area contributed by atoms with Crippen LogP contribution < -0.4 is 5.32 Å². The quantitative estimate of drug-likeness (QED) is 0.836. The Morgan fingerprint density at radius 1 is 1.25 bits per heavy atom. The summed E-state index contributed by atoms with van der Waals surface area (Å²) in [4.78, 5) is 0.900. The fourth-order valence-electron chi connectivity index (χ4n) is 2.12. The lowest BCUT2D eigenvalue weighted by Crippen LogP contribution is -2.18. The van der Waals surface area contributed by atoms with Crippen molar-refractivity contribution in [3.63, 3.8) is 0 Å². The third-order valence-corrected chi connectivity index (χ3v) is 4.53. The Labute approximate surface area is 124 Å². The average molecular weight is 320 g/mol. The maximum absolute atomic E-state index is 12.7. The highest BCUT2D eigenvalue weighted by Gasteiger charge is 2.31.